The van der Waals surface area contributed by atoms with Gasteiger partial charge in [-0.2, -0.15) is 0 Å². The minimum absolute atomic E-state index is 0.150. The monoisotopic (exact) mass is 362 g/mol. The van der Waals surface area contributed by atoms with Crippen molar-refractivity contribution in [3.8, 4) is 28.7 Å². The van der Waals surface area contributed by atoms with Crippen LogP contribution in [0.4, 0.5) is 0 Å². The Morgan fingerprint density at radius 2 is 1.46 bits per heavy atom. The molecule has 0 aliphatic carbocycles. The second-order valence-corrected chi connectivity index (χ2v) is 5.53. The SMILES string of the molecule is COc1c(C)c(Cc2cccc(O)c2C(=O)O)c(OC)c(OC)c1OC. The number of rotatable bonds is 7. The summed E-state index contributed by atoms with van der Waals surface area (Å²) in [6.45, 7) is 1.82. The number of benzene rings is 2. The van der Waals surface area contributed by atoms with Crippen LogP contribution in [-0.4, -0.2) is 44.6 Å². The van der Waals surface area contributed by atoms with Crippen molar-refractivity contribution in [3.05, 3.63) is 40.5 Å². The van der Waals surface area contributed by atoms with Crippen LogP contribution in [0.5, 0.6) is 28.7 Å². The van der Waals surface area contributed by atoms with Gasteiger partial charge in [0, 0.05) is 17.5 Å². The van der Waals surface area contributed by atoms with Crippen LogP contribution in [0.2, 0.25) is 0 Å². The van der Waals surface area contributed by atoms with E-state index in [4.69, 9.17) is 18.9 Å². The first-order valence-corrected chi connectivity index (χ1v) is 7.80. The summed E-state index contributed by atoms with van der Waals surface area (Å²) >= 11 is 0. The summed E-state index contributed by atoms with van der Waals surface area (Å²) in [5.74, 6) is 0.132. The average molecular weight is 362 g/mol. The summed E-state index contributed by atoms with van der Waals surface area (Å²) in [4.78, 5) is 11.6. The summed E-state index contributed by atoms with van der Waals surface area (Å²) in [5, 5.41) is 19.4. The van der Waals surface area contributed by atoms with Crippen LogP contribution in [0.1, 0.15) is 27.0 Å². The van der Waals surface area contributed by atoms with Crippen molar-refractivity contribution in [3.63, 3.8) is 0 Å². The van der Waals surface area contributed by atoms with E-state index in [1.807, 2.05) is 6.92 Å². The van der Waals surface area contributed by atoms with Crippen LogP contribution in [0.25, 0.3) is 0 Å². The van der Waals surface area contributed by atoms with Crippen molar-refractivity contribution < 1.29 is 34.0 Å². The average Bonchev–Trinajstić information content (AvgIpc) is 2.62. The third kappa shape index (κ3) is 3.20. The van der Waals surface area contributed by atoms with E-state index >= 15 is 0 Å². The highest BCUT2D eigenvalue weighted by molar-refractivity contribution is 5.92. The lowest BCUT2D eigenvalue weighted by Gasteiger charge is -2.22. The number of carboxylic acids is 1. The van der Waals surface area contributed by atoms with Crippen LogP contribution in [0.15, 0.2) is 18.2 Å². The zero-order valence-corrected chi connectivity index (χ0v) is 15.4. The molecule has 2 aromatic carbocycles. The normalized spacial score (nSPS) is 10.3. The van der Waals surface area contributed by atoms with Gasteiger partial charge in [0.25, 0.3) is 0 Å². The number of carbonyl (C=O) groups is 1. The van der Waals surface area contributed by atoms with Crippen molar-refractivity contribution in [2.45, 2.75) is 13.3 Å². The summed E-state index contributed by atoms with van der Waals surface area (Å²) in [7, 11) is 5.98. The van der Waals surface area contributed by atoms with Crippen LogP contribution >= 0.6 is 0 Å². The first-order chi connectivity index (χ1) is 12.4. The molecule has 0 fully saturated rings. The molecule has 0 heterocycles. The highest BCUT2D eigenvalue weighted by Gasteiger charge is 2.26. The van der Waals surface area contributed by atoms with E-state index in [9.17, 15) is 15.0 Å². The fraction of sp³-hybridized carbons (Fsp3) is 0.316. The number of hydrogen-bond donors (Lipinski definition) is 2. The minimum atomic E-state index is -1.21. The second kappa shape index (κ2) is 7.86. The third-order valence-corrected chi connectivity index (χ3v) is 4.21. The molecule has 140 valence electrons. The Morgan fingerprint density at radius 3 is 1.96 bits per heavy atom. The molecule has 0 spiro atoms. The Labute approximate surface area is 151 Å². The Kier molecular flexibility index (Phi) is 5.82. The van der Waals surface area contributed by atoms with Crippen molar-refractivity contribution in [1.29, 1.82) is 0 Å². The Morgan fingerprint density at radius 1 is 0.923 bits per heavy atom. The van der Waals surface area contributed by atoms with Gasteiger partial charge in [0.15, 0.2) is 11.5 Å². The summed E-state index contributed by atoms with van der Waals surface area (Å²) in [6, 6.07) is 4.58. The molecule has 0 bridgehead atoms. The Balaban J connectivity index is 2.75. The van der Waals surface area contributed by atoms with Gasteiger partial charge in [0.05, 0.1) is 28.4 Å². The van der Waals surface area contributed by atoms with Crippen molar-refractivity contribution in [1.82, 2.24) is 0 Å². The molecule has 0 atom stereocenters. The summed E-state index contributed by atoms with van der Waals surface area (Å²) < 4.78 is 21.8. The molecule has 0 amide bonds. The van der Waals surface area contributed by atoms with E-state index in [1.165, 1.54) is 34.5 Å². The summed E-state index contributed by atoms with van der Waals surface area (Å²) in [5.41, 5.74) is 1.69. The molecule has 0 aliphatic rings. The largest absolute Gasteiger partial charge is 0.507 e. The fourth-order valence-corrected chi connectivity index (χ4v) is 3.04. The van der Waals surface area contributed by atoms with E-state index in [0.717, 1.165) is 5.56 Å². The van der Waals surface area contributed by atoms with Gasteiger partial charge in [-0.15, -0.1) is 0 Å². The number of ether oxygens (including phenoxy) is 4. The van der Waals surface area contributed by atoms with E-state index in [-0.39, 0.29) is 17.7 Å². The molecule has 7 heteroatoms. The predicted octanol–water partition coefficient (Wildman–Crippen LogP) is 3.02. The van der Waals surface area contributed by atoms with E-state index in [2.05, 4.69) is 0 Å². The van der Waals surface area contributed by atoms with Gasteiger partial charge >= 0.3 is 5.97 Å². The maximum Gasteiger partial charge on any atom is 0.339 e. The van der Waals surface area contributed by atoms with Gasteiger partial charge in [-0.05, 0) is 18.6 Å². The maximum absolute atomic E-state index is 11.6. The van der Waals surface area contributed by atoms with Gasteiger partial charge in [-0.25, -0.2) is 4.79 Å². The molecule has 26 heavy (non-hydrogen) atoms. The molecule has 0 saturated heterocycles. The number of carboxylic acid groups (broad SMARTS) is 1. The van der Waals surface area contributed by atoms with Crippen molar-refractivity contribution in [2.24, 2.45) is 0 Å². The number of aromatic hydroxyl groups is 1. The molecule has 0 saturated carbocycles. The molecule has 0 radical (unpaired) electrons. The van der Waals surface area contributed by atoms with Gasteiger partial charge in [-0.3, -0.25) is 0 Å². The minimum Gasteiger partial charge on any atom is -0.507 e. The first kappa shape index (κ1) is 19.2. The second-order valence-electron chi connectivity index (χ2n) is 5.53. The lowest BCUT2D eigenvalue weighted by Crippen LogP contribution is -2.08. The molecule has 0 aromatic heterocycles. The highest BCUT2D eigenvalue weighted by atomic mass is 16.5. The topological polar surface area (TPSA) is 94.5 Å². The molecule has 2 rings (SSSR count). The first-order valence-electron chi connectivity index (χ1n) is 7.80. The molecule has 2 aromatic rings. The molecular formula is C19H22O7. The molecule has 7 nitrogen and oxygen atoms in total. The molecule has 0 aliphatic heterocycles. The number of methoxy groups -OCH3 is 4. The van der Waals surface area contributed by atoms with Gasteiger partial charge in [0.2, 0.25) is 11.5 Å². The van der Waals surface area contributed by atoms with Crippen molar-refractivity contribution >= 4 is 5.97 Å². The number of aromatic carboxylic acids is 1. The Hall–Kier alpha value is -3.09. The summed E-state index contributed by atoms with van der Waals surface area (Å²) in [6.07, 6.45) is 0.196. The van der Waals surface area contributed by atoms with E-state index < -0.39 is 5.97 Å². The third-order valence-electron chi connectivity index (χ3n) is 4.21. The molecule has 0 unspecified atom stereocenters. The van der Waals surface area contributed by atoms with Crippen LogP contribution in [-0.2, 0) is 6.42 Å². The van der Waals surface area contributed by atoms with Gasteiger partial charge in [-0.1, -0.05) is 12.1 Å². The molecule has 2 N–H and O–H groups in total. The lowest BCUT2D eigenvalue weighted by atomic mass is 9.94. The maximum atomic E-state index is 11.6. The quantitative estimate of drug-likeness (QED) is 0.782. The zero-order valence-electron chi connectivity index (χ0n) is 15.4. The van der Waals surface area contributed by atoms with Gasteiger partial charge < -0.3 is 29.2 Å². The predicted molar refractivity (Wildman–Crippen MR) is 95.3 cm³/mol. The van der Waals surface area contributed by atoms with E-state index in [0.29, 0.717) is 34.1 Å². The number of phenols is 1. The standard InChI is InChI=1S/C19H22O7/c1-10-12(9-11-7-6-8-13(20)14(11)19(21)22)16(24-3)18(26-5)17(25-4)15(10)23-2/h6-8,20H,9H2,1-5H3,(H,21,22). The molecular weight excluding hydrogens is 340 g/mol. The van der Waals surface area contributed by atoms with Gasteiger partial charge in [0.1, 0.15) is 11.3 Å². The number of hydrogen-bond acceptors (Lipinski definition) is 6. The van der Waals surface area contributed by atoms with Crippen LogP contribution < -0.4 is 18.9 Å². The smallest absolute Gasteiger partial charge is 0.339 e. The lowest BCUT2D eigenvalue weighted by molar-refractivity contribution is 0.0692. The highest BCUT2D eigenvalue weighted by Crippen LogP contribution is 2.50. The Bertz CT molecular complexity index is 827. The van der Waals surface area contributed by atoms with Crippen LogP contribution in [0, 0.1) is 6.92 Å². The van der Waals surface area contributed by atoms with Crippen molar-refractivity contribution in [2.75, 3.05) is 28.4 Å². The zero-order chi connectivity index (χ0) is 19.4. The fourth-order valence-electron chi connectivity index (χ4n) is 3.04. The van der Waals surface area contributed by atoms with E-state index in [1.54, 1.807) is 12.1 Å². The van der Waals surface area contributed by atoms with Crippen LogP contribution in [0.3, 0.4) is 0 Å².